The summed E-state index contributed by atoms with van der Waals surface area (Å²) in [6.07, 6.45) is 10.3. The highest BCUT2D eigenvalue weighted by molar-refractivity contribution is 5.46. The molecule has 0 fully saturated rings. The van der Waals surface area contributed by atoms with E-state index in [0.717, 1.165) is 31.1 Å². The molecule has 100 valence electrons. The zero-order valence-electron chi connectivity index (χ0n) is 11.7. The number of hydrogen-bond donors (Lipinski definition) is 1. The van der Waals surface area contributed by atoms with Gasteiger partial charge in [-0.3, -0.25) is 0 Å². The summed E-state index contributed by atoms with van der Waals surface area (Å²) in [6, 6.07) is 0. The first-order valence-corrected chi connectivity index (χ1v) is 7.41. The summed E-state index contributed by atoms with van der Waals surface area (Å²) >= 11 is 0. The van der Waals surface area contributed by atoms with Gasteiger partial charge in [0.1, 0.15) is 12.1 Å². The first kappa shape index (κ1) is 13.3. The maximum absolute atomic E-state index is 4.46. The van der Waals surface area contributed by atoms with Gasteiger partial charge in [0.25, 0.3) is 0 Å². The van der Waals surface area contributed by atoms with E-state index >= 15 is 0 Å². The molecule has 0 bridgehead atoms. The SMILES string of the molecule is CCC(CC)CNc1ncnc2c1CCCCC2. The van der Waals surface area contributed by atoms with Crippen molar-refractivity contribution in [3.05, 3.63) is 17.6 Å². The second kappa shape index (κ2) is 6.72. The van der Waals surface area contributed by atoms with Crippen LogP contribution in [0, 0.1) is 5.92 Å². The molecule has 0 spiro atoms. The third-order valence-electron chi connectivity index (χ3n) is 4.09. The second-order valence-corrected chi connectivity index (χ2v) is 5.27. The Morgan fingerprint density at radius 1 is 1.11 bits per heavy atom. The summed E-state index contributed by atoms with van der Waals surface area (Å²) in [5.74, 6) is 1.84. The van der Waals surface area contributed by atoms with Crippen molar-refractivity contribution in [1.82, 2.24) is 9.97 Å². The maximum Gasteiger partial charge on any atom is 0.132 e. The van der Waals surface area contributed by atoms with Gasteiger partial charge in [-0.1, -0.05) is 33.1 Å². The lowest BCUT2D eigenvalue weighted by atomic mass is 10.0. The minimum Gasteiger partial charge on any atom is -0.369 e. The van der Waals surface area contributed by atoms with Crippen LogP contribution in [0.3, 0.4) is 0 Å². The highest BCUT2D eigenvalue weighted by Crippen LogP contribution is 2.24. The lowest BCUT2D eigenvalue weighted by Gasteiger charge is -2.16. The van der Waals surface area contributed by atoms with Crippen molar-refractivity contribution in [3.8, 4) is 0 Å². The fourth-order valence-corrected chi connectivity index (χ4v) is 2.67. The average Bonchev–Trinajstić information content (AvgIpc) is 2.65. The van der Waals surface area contributed by atoms with Crippen molar-refractivity contribution in [1.29, 1.82) is 0 Å². The number of fused-ring (bicyclic) bond motifs is 1. The molecule has 0 aromatic carbocycles. The monoisotopic (exact) mass is 247 g/mol. The first-order valence-electron chi connectivity index (χ1n) is 7.41. The molecule has 1 aliphatic carbocycles. The number of rotatable bonds is 5. The van der Waals surface area contributed by atoms with E-state index in [4.69, 9.17) is 0 Å². The molecule has 0 radical (unpaired) electrons. The van der Waals surface area contributed by atoms with Crippen LogP contribution in [0.4, 0.5) is 5.82 Å². The molecule has 0 saturated heterocycles. The molecular weight excluding hydrogens is 222 g/mol. The first-order chi connectivity index (χ1) is 8.85. The van der Waals surface area contributed by atoms with Crippen molar-refractivity contribution in [2.75, 3.05) is 11.9 Å². The number of aryl methyl sites for hydroxylation is 1. The Hall–Kier alpha value is -1.12. The van der Waals surface area contributed by atoms with E-state index in [1.165, 1.54) is 43.4 Å². The number of nitrogens with one attached hydrogen (secondary N) is 1. The molecule has 18 heavy (non-hydrogen) atoms. The summed E-state index contributed by atoms with van der Waals surface area (Å²) in [4.78, 5) is 8.91. The normalized spacial score (nSPS) is 15.3. The van der Waals surface area contributed by atoms with E-state index < -0.39 is 0 Å². The number of anilines is 1. The summed E-state index contributed by atoms with van der Waals surface area (Å²) in [7, 11) is 0. The molecule has 0 aliphatic heterocycles. The van der Waals surface area contributed by atoms with Crippen LogP contribution in [0.15, 0.2) is 6.33 Å². The van der Waals surface area contributed by atoms with Crippen LogP contribution in [-0.4, -0.2) is 16.5 Å². The van der Waals surface area contributed by atoms with E-state index in [0.29, 0.717) is 0 Å². The van der Waals surface area contributed by atoms with Crippen LogP contribution in [-0.2, 0) is 12.8 Å². The standard InChI is InChI=1S/C15H25N3/c1-3-12(4-2)10-16-15-13-8-6-5-7-9-14(13)17-11-18-15/h11-12H,3-10H2,1-2H3,(H,16,17,18). The van der Waals surface area contributed by atoms with Gasteiger partial charge >= 0.3 is 0 Å². The zero-order valence-corrected chi connectivity index (χ0v) is 11.7. The average molecular weight is 247 g/mol. The molecule has 1 aliphatic rings. The van der Waals surface area contributed by atoms with E-state index in [1.54, 1.807) is 6.33 Å². The van der Waals surface area contributed by atoms with Crippen molar-refractivity contribution >= 4 is 5.82 Å². The van der Waals surface area contributed by atoms with Gasteiger partial charge in [0, 0.05) is 17.8 Å². The van der Waals surface area contributed by atoms with Gasteiger partial charge in [-0.2, -0.15) is 0 Å². The van der Waals surface area contributed by atoms with Crippen LogP contribution >= 0.6 is 0 Å². The number of aromatic nitrogens is 2. The van der Waals surface area contributed by atoms with Crippen molar-refractivity contribution < 1.29 is 0 Å². The Bertz CT molecular complexity index is 372. The Morgan fingerprint density at radius 2 is 1.89 bits per heavy atom. The van der Waals surface area contributed by atoms with Gasteiger partial charge in [0.15, 0.2) is 0 Å². The molecule has 1 aromatic heterocycles. The molecular formula is C15H25N3. The van der Waals surface area contributed by atoms with Crippen LogP contribution in [0.5, 0.6) is 0 Å². The quantitative estimate of drug-likeness (QED) is 0.808. The molecule has 3 nitrogen and oxygen atoms in total. The largest absolute Gasteiger partial charge is 0.369 e. The molecule has 1 N–H and O–H groups in total. The minimum absolute atomic E-state index is 0.751. The molecule has 1 aromatic rings. The zero-order chi connectivity index (χ0) is 12.8. The molecule has 0 amide bonds. The van der Waals surface area contributed by atoms with Crippen LogP contribution < -0.4 is 5.32 Å². The predicted octanol–water partition coefficient (Wildman–Crippen LogP) is 3.59. The highest BCUT2D eigenvalue weighted by atomic mass is 15.0. The summed E-state index contributed by atoms with van der Waals surface area (Å²) in [5, 5.41) is 3.55. The van der Waals surface area contributed by atoms with Gasteiger partial charge < -0.3 is 5.32 Å². The van der Waals surface area contributed by atoms with Crippen LogP contribution in [0.1, 0.15) is 57.2 Å². The van der Waals surface area contributed by atoms with E-state index in [-0.39, 0.29) is 0 Å². The van der Waals surface area contributed by atoms with E-state index in [1.807, 2.05) is 0 Å². The lowest BCUT2D eigenvalue weighted by molar-refractivity contribution is 0.518. The van der Waals surface area contributed by atoms with Crippen molar-refractivity contribution in [3.63, 3.8) is 0 Å². The molecule has 1 heterocycles. The Morgan fingerprint density at radius 3 is 2.67 bits per heavy atom. The van der Waals surface area contributed by atoms with Crippen molar-refractivity contribution in [2.24, 2.45) is 5.92 Å². The minimum atomic E-state index is 0.751. The van der Waals surface area contributed by atoms with E-state index in [2.05, 4.69) is 29.1 Å². The third-order valence-corrected chi connectivity index (χ3v) is 4.09. The van der Waals surface area contributed by atoms with Gasteiger partial charge in [0.2, 0.25) is 0 Å². The molecule has 2 rings (SSSR count). The number of nitrogens with zero attached hydrogens (tertiary/aromatic N) is 2. The van der Waals surface area contributed by atoms with Crippen LogP contribution in [0.2, 0.25) is 0 Å². The molecule has 0 atom stereocenters. The summed E-state index contributed by atoms with van der Waals surface area (Å²) in [6.45, 7) is 5.56. The predicted molar refractivity (Wildman–Crippen MR) is 75.9 cm³/mol. The van der Waals surface area contributed by atoms with Gasteiger partial charge in [0.05, 0.1) is 0 Å². The Kier molecular flexibility index (Phi) is 4.97. The fraction of sp³-hybridized carbons (Fsp3) is 0.733. The second-order valence-electron chi connectivity index (χ2n) is 5.27. The summed E-state index contributed by atoms with van der Waals surface area (Å²) in [5.41, 5.74) is 2.65. The maximum atomic E-state index is 4.46. The van der Waals surface area contributed by atoms with Gasteiger partial charge in [-0.25, -0.2) is 9.97 Å². The van der Waals surface area contributed by atoms with E-state index in [9.17, 15) is 0 Å². The summed E-state index contributed by atoms with van der Waals surface area (Å²) < 4.78 is 0. The lowest BCUT2D eigenvalue weighted by Crippen LogP contribution is -2.15. The number of hydrogen-bond acceptors (Lipinski definition) is 3. The highest BCUT2D eigenvalue weighted by Gasteiger charge is 2.14. The molecule has 0 unspecified atom stereocenters. The fourth-order valence-electron chi connectivity index (χ4n) is 2.67. The van der Waals surface area contributed by atoms with Gasteiger partial charge in [-0.05, 0) is 31.6 Å². The smallest absolute Gasteiger partial charge is 0.132 e. The molecule has 3 heteroatoms. The van der Waals surface area contributed by atoms with Crippen molar-refractivity contribution in [2.45, 2.75) is 58.8 Å². The third kappa shape index (κ3) is 3.21. The molecule has 0 saturated carbocycles. The van der Waals surface area contributed by atoms with Gasteiger partial charge in [-0.15, -0.1) is 0 Å². The Labute approximate surface area is 110 Å². The Balaban J connectivity index is 2.08. The topological polar surface area (TPSA) is 37.8 Å². The van der Waals surface area contributed by atoms with Crippen LogP contribution in [0.25, 0.3) is 0 Å².